The summed E-state index contributed by atoms with van der Waals surface area (Å²) >= 11 is 0. The van der Waals surface area contributed by atoms with Crippen molar-refractivity contribution in [2.75, 3.05) is 0 Å². The standard InChI is InChI=1S/C17H34/c1-5-6-10-14(2)16(4)15(3)13-17-11-8-7-9-12-17/h14-17H,5-13H2,1-4H3. The molecular formula is C17H34. The molecule has 3 atom stereocenters. The Bertz CT molecular complexity index is 178. The van der Waals surface area contributed by atoms with Crippen LogP contribution in [-0.4, -0.2) is 0 Å². The van der Waals surface area contributed by atoms with Gasteiger partial charge >= 0.3 is 0 Å². The first-order valence-corrected chi connectivity index (χ1v) is 8.15. The van der Waals surface area contributed by atoms with Crippen LogP contribution in [0, 0.1) is 23.7 Å². The molecule has 17 heavy (non-hydrogen) atoms. The molecule has 1 saturated carbocycles. The molecule has 1 fully saturated rings. The molecule has 0 N–H and O–H groups in total. The summed E-state index contributed by atoms with van der Waals surface area (Å²) in [6, 6.07) is 0. The fourth-order valence-electron chi connectivity index (χ4n) is 3.51. The molecule has 0 saturated heterocycles. The van der Waals surface area contributed by atoms with Gasteiger partial charge in [-0.05, 0) is 30.1 Å². The summed E-state index contributed by atoms with van der Waals surface area (Å²) in [6.07, 6.45) is 13.2. The van der Waals surface area contributed by atoms with Crippen molar-refractivity contribution >= 4 is 0 Å². The first kappa shape index (κ1) is 15.1. The third-order valence-electron chi connectivity index (χ3n) is 5.24. The molecule has 3 unspecified atom stereocenters. The Labute approximate surface area is 110 Å². The highest BCUT2D eigenvalue weighted by molar-refractivity contribution is 4.74. The topological polar surface area (TPSA) is 0 Å². The molecule has 0 radical (unpaired) electrons. The van der Waals surface area contributed by atoms with Gasteiger partial charge in [-0.25, -0.2) is 0 Å². The number of unbranched alkanes of at least 4 members (excludes halogenated alkanes) is 1. The van der Waals surface area contributed by atoms with Crippen LogP contribution in [0.3, 0.4) is 0 Å². The monoisotopic (exact) mass is 238 g/mol. The zero-order valence-electron chi connectivity index (χ0n) is 12.7. The van der Waals surface area contributed by atoms with Crippen molar-refractivity contribution in [3.05, 3.63) is 0 Å². The lowest BCUT2D eigenvalue weighted by Gasteiger charge is -2.31. The SMILES string of the molecule is CCCCC(C)C(C)C(C)CC1CCCCC1. The average molecular weight is 238 g/mol. The van der Waals surface area contributed by atoms with Crippen molar-refractivity contribution in [1.82, 2.24) is 0 Å². The van der Waals surface area contributed by atoms with Crippen molar-refractivity contribution in [3.8, 4) is 0 Å². The maximum absolute atomic E-state index is 2.50. The molecule has 0 aromatic heterocycles. The minimum atomic E-state index is 0.920. The lowest BCUT2D eigenvalue weighted by molar-refractivity contribution is 0.202. The zero-order chi connectivity index (χ0) is 12.7. The summed E-state index contributed by atoms with van der Waals surface area (Å²) in [6.45, 7) is 9.77. The van der Waals surface area contributed by atoms with Crippen LogP contribution < -0.4 is 0 Å². The molecular weight excluding hydrogens is 204 g/mol. The fraction of sp³-hybridized carbons (Fsp3) is 1.00. The molecule has 0 aliphatic heterocycles. The molecule has 0 nitrogen and oxygen atoms in total. The predicted molar refractivity (Wildman–Crippen MR) is 78.2 cm³/mol. The lowest BCUT2D eigenvalue weighted by Crippen LogP contribution is -2.20. The van der Waals surface area contributed by atoms with Crippen LogP contribution >= 0.6 is 0 Å². The Morgan fingerprint density at radius 1 is 0.941 bits per heavy atom. The largest absolute Gasteiger partial charge is 0.0654 e. The third-order valence-corrected chi connectivity index (χ3v) is 5.24. The van der Waals surface area contributed by atoms with E-state index in [4.69, 9.17) is 0 Å². The Balaban J connectivity index is 2.26. The third kappa shape index (κ3) is 5.44. The Hall–Kier alpha value is 0. The maximum Gasteiger partial charge on any atom is -0.0391 e. The van der Waals surface area contributed by atoms with Gasteiger partial charge in [0.05, 0.1) is 0 Å². The van der Waals surface area contributed by atoms with Gasteiger partial charge in [0.2, 0.25) is 0 Å². The second-order valence-electron chi connectivity index (χ2n) is 6.70. The molecule has 0 aromatic rings. The van der Waals surface area contributed by atoms with E-state index >= 15 is 0 Å². The van der Waals surface area contributed by atoms with Gasteiger partial charge in [-0.3, -0.25) is 0 Å². The molecule has 1 aliphatic carbocycles. The van der Waals surface area contributed by atoms with Gasteiger partial charge < -0.3 is 0 Å². The van der Waals surface area contributed by atoms with Crippen LogP contribution in [0.2, 0.25) is 0 Å². The van der Waals surface area contributed by atoms with Crippen molar-refractivity contribution in [3.63, 3.8) is 0 Å². The minimum Gasteiger partial charge on any atom is -0.0654 e. The van der Waals surface area contributed by atoms with E-state index in [9.17, 15) is 0 Å². The van der Waals surface area contributed by atoms with E-state index in [1.807, 2.05) is 0 Å². The molecule has 0 heterocycles. The number of rotatable bonds is 7. The first-order valence-electron chi connectivity index (χ1n) is 8.15. The normalized spacial score (nSPS) is 23.3. The van der Waals surface area contributed by atoms with Gasteiger partial charge in [0, 0.05) is 0 Å². The smallest absolute Gasteiger partial charge is 0.0391 e. The molecule has 1 rings (SSSR count). The van der Waals surface area contributed by atoms with Gasteiger partial charge in [-0.1, -0.05) is 79.1 Å². The Kier molecular flexibility index (Phi) is 7.23. The quantitative estimate of drug-likeness (QED) is 0.506. The summed E-state index contributed by atoms with van der Waals surface area (Å²) < 4.78 is 0. The van der Waals surface area contributed by atoms with Gasteiger partial charge in [-0.15, -0.1) is 0 Å². The predicted octanol–water partition coefficient (Wildman–Crippen LogP) is 6.06. The van der Waals surface area contributed by atoms with E-state index in [1.54, 1.807) is 0 Å². The van der Waals surface area contributed by atoms with E-state index < -0.39 is 0 Å². The van der Waals surface area contributed by atoms with Crippen molar-refractivity contribution in [1.29, 1.82) is 0 Å². The summed E-state index contributed by atoms with van der Waals surface area (Å²) in [5.41, 5.74) is 0. The highest BCUT2D eigenvalue weighted by atomic mass is 14.3. The van der Waals surface area contributed by atoms with Gasteiger partial charge in [0.15, 0.2) is 0 Å². The van der Waals surface area contributed by atoms with Crippen LogP contribution in [0.4, 0.5) is 0 Å². The maximum atomic E-state index is 2.50. The van der Waals surface area contributed by atoms with Crippen LogP contribution in [0.25, 0.3) is 0 Å². The van der Waals surface area contributed by atoms with E-state index in [-0.39, 0.29) is 0 Å². The summed E-state index contributed by atoms with van der Waals surface area (Å²) in [5, 5.41) is 0. The Morgan fingerprint density at radius 2 is 1.59 bits per heavy atom. The van der Waals surface area contributed by atoms with Crippen molar-refractivity contribution < 1.29 is 0 Å². The molecule has 102 valence electrons. The van der Waals surface area contributed by atoms with Crippen LogP contribution in [-0.2, 0) is 0 Å². The molecule has 0 heteroatoms. The molecule has 0 amide bonds. The van der Waals surface area contributed by atoms with E-state index in [2.05, 4.69) is 27.7 Å². The summed E-state index contributed by atoms with van der Waals surface area (Å²) in [4.78, 5) is 0. The zero-order valence-corrected chi connectivity index (χ0v) is 12.7. The molecule has 1 aliphatic rings. The Morgan fingerprint density at radius 3 is 2.18 bits per heavy atom. The van der Waals surface area contributed by atoms with Crippen molar-refractivity contribution in [2.45, 2.75) is 85.5 Å². The van der Waals surface area contributed by atoms with Gasteiger partial charge in [0.25, 0.3) is 0 Å². The fourth-order valence-corrected chi connectivity index (χ4v) is 3.51. The second kappa shape index (κ2) is 8.16. The summed E-state index contributed by atoms with van der Waals surface area (Å²) in [7, 11) is 0. The average Bonchev–Trinajstić information content (AvgIpc) is 2.36. The molecule has 0 aromatic carbocycles. The summed E-state index contributed by atoms with van der Waals surface area (Å²) in [5.74, 6) is 3.83. The van der Waals surface area contributed by atoms with Crippen LogP contribution in [0.5, 0.6) is 0 Å². The van der Waals surface area contributed by atoms with Crippen molar-refractivity contribution in [2.24, 2.45) is 23.7 Å². The number of hydrogen-bond donors (Lipinski definition) is 0. The highest BCUT2D eigenvalue weighted by Crippen LogP contribution is 2.34. The van der Waals surface area contributed by atoms with E-state index in [1.165, 1.54) is 57.8 Å². The first-order chi connectivity index (χ1) is 8.15. The van der Waals surface area contributed by atoms with Crippen LogP contribution in [0.15, 0.2) is 0 Å². The number of hydrogen-bond acceptors (Lipinski definition) is 0. The molecule has 0 bridgehead atoms. The minimum absolute atomic E-state index is 0.920. The lowest BCUT2D eigenvalue weighted by atomic mass is 9.75. The second-order valence-corrected chi connectivity index (χ2v) is 6.70. The molecule has 0 spiro atoms. The highest BCUT2D eigenvalue weighted by Gasteiger charge is 2.23. The van der Waals surface area contributed by atoms with Gasteiger partial charge in [0.1, 0.15) is 0 Å². The van der Waals surface area contributed by atoms with Gasteiger partial charge in [-0.2, -0.15) is 0 Å². The van der Waals surface area contributed by atoms with E-state index in [0.29, 0.717) is 0 Å². The van der Waals surface area contributed by atoms with Crippen LogP contribution in [0.1, 0.15) is 85.5 Å². The van der Waals surface area contributed by atoms with E-state index in [0.717, 1.165) is 23.7 Å².